The van der Waals surface area contributed by atoms with Crippen LogP contribution in [0, 0.1) is 6.92 Å². The van der Waals surface area contributed by atoms with Crippen molar-refractivity contribution in [2.24, 2.45) is 5.16 Å². The van der Waals surface area contributed by atoms with Gasteiger partial charge in [0.2, 0.25) is 0 Å². The van der Waals surface area contributed by atoms with Crippen LogP contribution in [0.3, 0.4) is 0 Å². The molecule has 0 spiro atoms. The van der Waals surface area contributed by atoms with E-state index in [-0.39, 0.29) is 6.10 Å². The minimum absolute atomic E-state index is 0.0410. The van der Waals surface area contributed by atoms with Gasteiger partial charge in [0.1, 0.15) is 0 Å². The van der Waals surface area contributed by atoms with Crippen LogP contribution in [0.5, 0.6) is 0 Å². The van der Waals surface area contributed by atoms with Crippen LogP contribution in [0.1, 0.15) is 29.2 Å². The molecule has 0 aromatic heterocycles. The van der Waals surface area contributed by atoms with E-state index in [4.69, 9.17) is 4.84 Å². The molecule has 96 valence electrons. The molecular formula is C16H14BrNO. The van der Waals surface area contributed by atoms with E-state index < -0.39 is 0 Å². The zero-order valence-corrected chi connectivity index (χ0v) is 12.2. The third kappa shape index (κ3) is 2.71. The highest BCUT2D eigenvalue weighted by atomic mass is 79.9. The number of oxime groups is 1. The summed E-state index contributed by atoms with van der Waals surface area (Å²) in [7, 11) is 0. The summed E-state index contributed by atoms with van der Waals surface area (Å²) in [5, 5.41) is 4.22. The number of hydrogen-bond donors (Lipinski definition) is 0. The summed E-state index contributed by atoms with van der Waals surface area (Å²) >= 11 is 3.44. The summed E-state index contributed by atoms with van der Waals surface area (Å²) in [5.41, 5.74) is 4.58. The molecule has 2 aromatic rings. The lowest BCUT2D eigenvalue weighted by Gasteiger charge is -2.08. The van der Waals surface area contributed by atoms with Crippen molar-refractivity contribution >= 4 is 21.6 Å². The molecule has 0 amide bonds. The smallest absolute Gasteiger partial charge is 0.158 e. The monoisotopic (exact) mass is 315 g/mol. The molecule has 1 aliphatic rings. The van der Waals surface area contributed by atoms with Crippen molar-refractivity contribution in [1.82, 2.24) is 0 Å². The van der Waals surface area contributed by atoms with Crippen LogP contribution >= 0.6 is 15.9 Å². The second-order valence-corrected chi connectivity index (χ2v) is 5.67. The minimum Gasteiger partial charge on any atom is -0.387 e. The Balaban J connectivity index is 1.76. The molecule has 2 aromatic carbocycles. The SMILES string of the molecule is Cc1ccc(C2CC(c3ccc(Br)cc3)=NO2)cc1. The van der Waals surface area contributed by atoms with Crippen molar-refractivity contribution in [1.29, 1.82) is 0 Å². The van der Waals surface area contributed by atoms with Gasteiger partial charge in [0.15, 0.2) is 6.10 Å². The standard InChI is InChI=1S/C16H14BrNO/c1-11-2-4-13(5-3-11)16-10-15(18-19-16)12-6-8-14(17)9-7-12/h2-9,16H,10H2,1H3. The fourth-order valence-electron chi connectivity index (χ4n) is 2.15. The first-order chi connectivity index (χ1) is 9.22. The molecule has 2 nitrogen and oxygen atoms in total. The Morgan fingerprint density at radius 3 is 2.42 bits per heavy atom. The molecule has 3 rings (SSSR count). The van der Waals surface area contributed by atoms with E-state index in [1.54, 1.807) is 0 Å². The van der Waals surface area contributed by atoms with Crippen molar-refractivity contribution < 1.29 is 4.84 Å². The molecule has 19 heavy (non-hydrogen) atoms. The molecule has 1 unspecified atom stereocenters. The van der Waals surface area contributed by atoms with Crippen LogP contribution in [0.15, 0.2) is 58.2 Å². The average Bonchev–Trinajstić information content (AvgIpc) is 2.90. The third-order valence-corrected chi connectivity index (χ3v) is 3.82. The highest BCUT2D eigenvalue weighted by Gasteiger charge is 2.23. The fraction of sp³-hybridized carbons (Fsp3) is 0.188. The topological polar surface area (TPSA) is 21.6 Å². The quantitative estimate of drug-likeness (QED) is 0.792. The first kappa shape index (κ1) is 12.4. The second-order valence-electron chi connectivity index (χ2n) is 4.75. The number of rotatable bonds is 2. The summed E-state index contributed by atoms with van der Waals surface area (Å²) in [6.45, 7) is 2.09. The lowest BCUT2D eigenvalue weighted by molar-refractivity contribution is 0.0857. The lowest BCUT2D eigenvalue weighted by atomic mass is 10.00. The Morgan fingerprint density at radius 1 is 1.05 bits per heavy atom. The molecule has 0 N–H and O–H groups in total. The summed E-state index contributed by atoms with van der Waals surface area (Å²) in [5.74, 6) is 0. The number of hydrogen-bond acceptors (Lipinski definition) is 2. The first-order valence-electron chi connectivity index (χ1n) is 6.27. The Labute approximate surface area is 121 Å². The van der Waals surface area contributed by atoms with Crippen molar-refractivity contribution in [3.05, 3.63) is 69.7 Å². The van der Waals surface area contributed by atoms with E-state index >= 15 is 0 Å². The number of benzene rings is 2. The molecule has 3 heteroatoms. The molecule has 0 saturated heterocycles. The summed E-state index contributed by atoms with van der Waals surface area (Å²) in [4.78, 5) is 5.55. The Hall–Kier alpha value is -1.61. The van der Waals surface area contributed by atoms with Gasteiger partial charge in [-0.2, -0.15) is 0 Å². The molecule has 1 aliphatic heterocycles. The largest absolute Gasteiger partial charge is 0.387 e. The molecule has 0 fully saturated rings. The molecule has 0 bridgehead atoms. The number of nitrogens with zero attached hydrogens (tertiary/aromatic N) is 1. The fourth-order valence-corrected chi connectivity index (χ4v) is 2.41. The summed E-state index contributed by atoms with van der Waals surface area (Å²) in [6, 6.07) is 16.6. The van der Waals surface area contributed by atoms with Crippen LogP contribution < -0.4 is 0 Å². The van der Waals surface area contributed by atoms with Gasteiger partial charge in [0, 0.05) is 10.9 Å². The van der Waals surface area contributed by atoms with E-state index in [2.05, 4.69) is 64.4 Å². The molecule has 0 saturated carbocycles. The number of aryl methyl sites for hydroxylation is 1. The van der Waals surface area contributed by atoms with Gasteiger partial charge in [-0.25, -0.2) is 0 Å². The second kappa shape index (κ2) is 5.17. The van der Waals surface area contributed by atoms with Crippen LogP contribution in [-0.2, 0) is 4.84 Å². The highest BCUT2D eigenvalue weighted by molar-refractivity contribution is 9.10. The van der Waals surface area contributed by atoms with Gasteiger partial charge in [-0.1, -0.05) is 63.0 Å². The minimum atomic E-state index is 0.0410. The van der Waals surface area contributed by atoms with Gasteiger partial charge in [-0.05, 0) is 30.2 Å². The van der Waals surface area contributed by atoms with Gasteiger partial charge in [-0.15, -0.1) is 0 Å². The number of halogens is 1. The molecule has 0 radical (unpaired) electrons. The van der Waals surface area contributed by atoms with Crippen LogP contribution in [-0.4, -0.2) is 5.71 Å². The van der Waals surface area contributed by atoms with E-state index in [1.165, 1.54) is 11.1 Å². The predicted octanol–water partition coefficient (Wildman–Crippen LogP) is 4.62. The van der Waals surface area contributed by atoms with Crippen molar-refractivity contribution in [3.8, 4) is 0 Å². The van der Waals surface area contributed by atoms with Crippen molar-refractivity contribution in [2.45, 2.75) is 19.4 Å². The molecule has 0 aliphatic carbocycles. The maximum Gasteiger partial charge on any atom is 0.158 e. The van der Waals surface area contributed by atoms with Crippen molar-refractivity contribution in [3.63, 3.8) is 0 Å². The van der Waals surface area contributed by atoms with Gasteiger partial charge in [0.25, 0.3) is 0 Å². The molecule has 1 atom stereocenters. The maximum absolute atomic E-state index is 5.55. The van der Waals surface area contributed by atoms with Gasteiger partial charge < -0.3 is 4.84 Å². The third-order valence-electron chi connectivity index (χ3n) is 3.30. The van der Waals surface area contributed by atoms with Gasteiger partial charge in [-0.3, -0.25) is 0 Å². The Bertz CT molecular complexity index is 602. The molecule has 1 heterocycles. The Kier molecular flexibility index (Phi) is 3.38. The van der Waals surface area contributed by atoms with Gasteiger partial charge in [0.05, 0.1) is 5.71 Å². The highest BCUT2D eigenvalue weighted by Crippen LogP contribution is 2.29. The first-order valence-corrected chi connectivity index (χ1v) is 7.07. The van der Waals surface area contributed by atoms with Crippen LogP contribution in [0.25, 0.3) is 0 Å². The predicted molar refractivity (Wildman–Crippen MR) is 80.3 cm³/mol. The lowest BCUT2D eigenvalue weighted by Crippen LogP contribution is -2.01. The Morgan fingerprint density at radius 2 is 1.74 bits per heavy atom. The summed E-state index contributed by atoms with van der Waals surface area (Å²) in [6.07, 6.45) is 0.865. The molecular weight excluding hydrogens is 302 g/mol. The summed E-state index contributed by atoms with van der Waals surface area (Å²) < 4.78 is 1.07. The van der Waals surface area contributed by atoms with E-state index in [1.807, 2.05) is 12.1 Å². The van der Waals surface area contributed by atoms with Gasteiger partial charge >= 0.3 is 0 Å². The van der Waals surface area contributed by atoms with Crippen LogP contribution in [0.2, 0.25) is 0 Å². The maximum atomic E-state index is 5.55. The van der Waals surface area contributed by atoms with Crippen LogP contribution in [0.4, 0.5) is 0 Å². The van der Waals surface area contributed by atoms with E-state index in [0.29, 0.717) is 0 Å². The normalized spacial score (nSPS) is 18.0. The van der Waals surface area contributed by atoms with E-state index in [0.717, 1.165) is 22.2 Å². The average molecular weight is 316 g/mol. The van der Waals surface area contributed by atoms with Crippen molar-refractivity contribution in [2.75, 3.05) is 0 Å². The zero-order chi connectivity index (χ0) is 13.2. The zero-order valence-electron chi connectivity index (χ0n) is 10.6. The van der Waals surface area contributed by atoms with E-state index in [9.17, 15) is 0 Å².